The highest BCUT2D eigenvalue weighted by Gasteiger charge is 2.33. The summed E-state index contributed by atoms with van der Waals surface area (Å²) in [6, 6.07) is 15.7. The first-order valence-electron chi connectivity index (χ1n) is 13.4. The third kappa shape index (κ3) is 6.10. The summed E-state index contributed by atoms with van der Waals surface area (Å²) < 4.78 is 46.8. The first-order chi connectivity index (χ1) is 19.7. The molecular weight excluding hydrogens is 586 g/mol. The second-order valence-electron chi connectivity index (χ2n) is 10.2. The van der Waals surface area contributed by atoms with Crippen molar-refractivity contribution in [2.75, 3.05) is 20.4 Å². The van der Waals surface area contributed by atoms with E-state index >= 15 is 0 Å². The fourth-order valence-electron chi connectivity index (χ4n) is 5.51. The van der Waals surface area contributed by atoms with Crippen LogP contribution in [0.15, 0.2) is 59.5 Å². The maximum atomic E-state index is 14.7. The van der Waals surface area contributed by atoms with Crippen LogP contribution in [0.2, 0.25) is 5.02 Å². The van der Waals surface area contributed by atoms with E-state index in [4.69, 9.17) is 16.3 Å². The first-order valence-corrected chi connectivity index (χ1v) is 16.1. The lowest BCUT2D eigenvalue weighted by atomic mass is 9.89. The molecule has 4 aromatic rings. The Hall–Kier alpha value is -2.69. The van der Waals surface area contributed by atoms with Crippen LogP contribution in [0.1, 0.15) is 40.9 Å². The Balaban J connectivity index is 1.54. The number of hydrogen-bond donors (Lipinski definition) is 1. The summed E-state index contributed by atoms with van der Waals surface area (Å²) in [4.78, 5) is 16.8. The number of halogens is 3. The normalized spacial score (nSPS) is 17.9. The second-order valence-corrected chi connectivity index (χ2v) is 13.0. The molecule has 1 fully saturated rings. The van der Waals surface area contributed by atoms with Gasteiger partial charge in [-0.3, -0.25) is 4.79 Å². The van der Waals surface area contributed by atoms with Crippen molar-refractivity contribution in [3.63, 3.8) is 0 Å². The van der Waals surface area contributed by atoms with Gasteiger partial charge in [0, 0.05) is 24.2 Å². The molecule has 0 spiro atoms. The lowest BCUT2D eigenvalue weighted by molar-refractivity contribution is 0.0604. The molecule has 0 aliphatic heterocycles. The smallest absolute Gasteiger partial charge is 0.266 e. The Morgan fingerprint density at radius 3 is 2.34 bits per heavy atom. The molecule has 1 N–H and O–H groups in total. The topological polar surface area (TPSA) is 64.6 Å². The van der Waals surface area contributed by atoms with E-state index in [-0.39, 0.29) is 38.5 Å². The molecule has 216 valence electrons. The third-order valence-corrected chi connectivity index (χ3v) is 10.4. The molecule has 3 aromatic carbocycles. The van der Waals surface area contributed by atoms with E-state index in [0.29, 0.717) is 11.8 Å². The second kappa shape index (κ2) is 12.7. The molecule has 1 aliphatic rings. The van der Waals surface area contributed by atoms with E-state index in [1.54, 1.807) is 18.3 Å². The molecule has 5 nitrogen and oxygen atoms in total. The van der Waals surface area contributed by atoms with Crippen molar-refractivity contribution in [3.8, 4) is 16.9 Å². The van der Waals surface area contributed by atoms with Gasteiger partial charge in [-0.1, -0.05) is 17.7 Å². The number of fused-ring (bicyclic) bond motifs is 1. The van der Waals surface area contributed by atoms with E-state index < -0.39 is 22.8 Å². The SMILES string of the molecule is CN[C@H]1CC[C@@H](N(Cc2cc(-c3ccc([S+](C)[O-])cc3)ccc2OC)C(=O)c2sc3c(F)ccc(F)c3c2Cl)CC1. The van der Waals surface area contributed by atoms with Gasteiger partial charge in [-0.15, -0.1) is 11.3 Å². The molecule has 0 saturated heterocycles. The molecule has 5 rings (SSSR count). The van der Waals surface area contributed by atoms with Gasteiger partial charge in [0.1, 0.15) is 28.5 Å². The predicted molar refractivity (Wildman–Crippen MR) is 162 cm³/mol. The van der Waals surface area contributed by atoms with E-state index in [1.807, 2.05) is 49.5 Å². The van der Waals surface area contributed by atoms with Crippen LogP contribution < -0.4 is 10.1 Å². The van der Waals surface area contributed by atoms with Gasteiger partial charge in [0.2, 0.25) is 0 Å². The zero-order chi connectivity index (χ0) is 29.3. The van der Waals surface area contributed by atoms with E-state index in [2.05, 4.69) is 5.32 Å². The Labute approximate surface area is 250 Å². The summed E-state index contributed by atoms with van der Waals surface area (Å²) >= 11 is 6.37. The molecule has 0 radical (unpaired) electrons. The first kappa shape index (κ1) is 29.8. The molecule has 1 aliphatic carbocycles. The Kier molecular flexibility index (Phi) is 9.21. The number of benzene rings is 3. The summed E-state index contributed by atoms with van der Waals surface area (Å²) in [6.45, 7) is 0.233. The average Bonchev–Trinajstić information content (AvgIpc) is 3.35. The minimum absolute atomic E-state index is 0.0354. The predicted octanol–water partition coefficient (Wildman–Crippen LogP) is 7.42. The van der Waals surface area contributed by atoms with Crippen molar-refractivity contribution in [3.05, 3.63) is 81.7 Å². The fraction of sp³-hybridized carbons (Fsp3) is 0.323. The molecule has 1 amide bonds. The molecule has 1 heterocycles. The number of ether oxygens (including phenoxy) is 1. The number of thiophene rings is 1. The van der Waals surface area contributed by atoms with Gasteiger partial charge in [-0.25, -0.2) is 8.78 Å². The Morgan fingerprint density at radius 1 is 1.07 bits per heavy atom. The summed E-state index contributed by atoms with van der Waals surface area (Å²) in [5.74, 6) is -0.998. The van der Waals surface area contributed by atoms with Crippen molar-refractivity contribution < 1.29 is 22.9 Å². The van der Waals surface area contributed by atoms with Crippen molar-refractivity contribution in [1.82, 2.24) is 10.2 Å². The van der Waals surface area contributed by atoms with Crippen molar-refractivity contribution in [2.24, 2.45) is 0 Å². The van der Waals surface area contributed by atoms with Crippen molar-refractivity contribution in [2.45, 2.75) is 49.2 Å². The standard InChI is InChI=1S/C31H31ClF2N2O3S2/c1-35-21-7-9-22(10-8-21)36(31(37)30-28(32)27-24(33)13-14-25(34)29(27)40-30)17-20-16-19(6-15-26(20)39-2)18-4-11-23(12-5-18)41(3)38/h4-6,11-16,21-22,35H,7-10,17H2,1-3H3/t21-,22+,41?. The van der Waals surface area contributed by atoms with E-state index in [9.17, 15) is 18.1 Å². The van der Waals surface area contributed by atoms with Crippen LogP contribution in [-0.4, -0.2) is 47.9 Å². The average molecular weight is 617 g/mol. The van der Waals surface area contributed by atoms with E-state index in [1.165, 1.54) is 0 Å². The monoisotopic (exact) mass is 616 g/mol. The molecule has 0 bridgehead atoms. The number of nitrogens with zero attached hydrogens (tertiary/aromatic N) is 1. The summed E-state index contributed by atoms with van der Waals surface area (Å²) in [5.41, 5.74) is 2.66. The third-order valence-electron chi connectivity index (χ3n) is 7.82. The maximum Gasteiger partial charge on any atom is 0.266 e. The molecule has 41 heavy (non-hydrogen) atoms. The van der Waals surface area contributed by atoms with Crippen LogP contribution in [0.5, 0.6) is 5.75 Å². The number of hydrogen-bond acceptors (Lipinski definition) is 5. The highest BCUT2D eigenvalue weighted by atomic mass is 35.5. The molecule has 1 aromatic heterocycles. The number of carbonyl (C=O) groups is 1. The summed E-state index contributed by atoms with van der Waals surface area (Å²) in [6.07, 6.45) is 5.00. The zero-order valence-corrected chi connectivity index (χ0v) is 25.4. The van der Waals surface area contributed by atoms with Crippen LogP contribution in [0.4, 0.5) is 8.78 Å². The number of rotatable bonds is 8. The van der Waals surface area contributed by atoms with Crippen molar-refractivity contribution in [1.29, 1.82) is 0 Å². The van der Waals surface area contributed by atoms with Gasteiger partial charge in [0.15, 0.2) is 4.90 Å². The van der Waals surface area contributed by atoms with E-state index in [0.717, 1.165) is 70.7 Å². The van der Waals surface area contributed by atoms with Gasteiger partial charge >= 0.3 is 0 Å². The minimum atomic E-state index is -1.08. The molecule has 10 heteroatoms. The van der Waals surface area contributed by atoms with Gasteiger partial charge < -0.3 is 19.5 Å². The van der Waals surface area contributed by atoms with Crippen LogP contribution >= 0.6 is 22.9 Å². The Morgan fingerprint density at radius 2 is 1.73 bits per heavy atom. The Bertz CT molecular complexity index is 1550. The largest absolute Gasteiger partial charge is 0.612 e. The van der Waals surface area contributed by atoms with Crippen LogP contribution in [0.25, 0.3) is 21.2 Å². The lowest BCUT2D eigenvalue weighted by Crippen LogP contribution is -2.44. The highest BCUT2D eigenvalue weighted by molar-refractivity contribution is 7.90. The summed E-state index contributed by atoms with van der Waals surface area (Å²) in [7, 11) is 3.53. The molecular formula is C31H31ClF2N2O3S2. The highest BCUT2D eigenvalue weighted by Crippen LogP contribution is 2.40. The van der Waals surface area contributed by atoms with Crippen molar-refractivity contribution >= 4 is 50.1 Å². The summed E-state index contributed by atoms with van der Waals surface area (Å²) in [5, 5.41) is 3.20. The number of amides is 1. The number of carbonyl (C=O) groups excluding carboxylic acids is 1. The van der Waals surface area contributed by atoms with Gasteiger partial charge in [-0.2, -0.15) is 0 Å². The maximum absolute atomic E-state index is 14.7. The van der Waals surface area contributed by atoms with Gasteiger partial charge in [-0.05, 0) is 104 Å². The number of nitrogens with one attached hydrogen (secondary N) is 1. The molecule has 1 saturated carbocycles. The minimum Gasteiger partial charge on any atom is -0.612 e. The van der Waals surface area contributed by atoms with Gasteiger partial charge in [0.05, 0.1) is 22.2 Å². The van der Waals surface area contributed by atoms with Crippen LogP contribution in [0, 0.1) is 11.6 Å². The zero-order valence-electron chi connectivity index (χ0n) is 23.0. The lowest BCUT2D eigenvalue weighted by Gasteiger charge is -2.37. The van der Waals surface area contributed by atoms with Gasteiger partial charge in [0.25, 0.3) is 5.91 Å². The number of methoxy groups -OCH3 is 1. The van der Waals surface area contributed by atoms with Crippen LogP contribution in [-0.2, 0) is 17.7 Å². The quantitative estimate of drug-likeness (QED) is 0.209. The fourth-order valence-corrected chi connectivity index (χ4v) is 7.54. The molecule has 1 atom stereocenters. The van der Waals surface area contributed by atoms with Crippen LogP contribution in [0.3, 0.4) is 0 Å². The molecule has 1 unspecified atom stereocenters.